The van der Waals surface area contributed by atoms with E-state index in [-0.39, 0.29) is 21.3 Å². The number of carbonyl (C=O) groups excluding carboxylic acids is 2. The van der Waals surface area contributed by atoms with Crippen LogP contribution in [0.5, 0.6) is 11.5 Å². The molecule has 6 rings (SSSR count). The summed E-state index contributed by atoms with van der Waals surface area (Å²) in [6.45, 7) is 0. The van der Waals surface area contributed by atoms with Crippen LogP contribution in [0.2, 0.25) is 0 Å². The second kappa shape index (κ2) is 12.5. The van der Waals surface area contributed by atoms with Crippen LogP contribution in [-0.4, -0.2) is 68.0 Å². The van der Waals surface area contributed by atoms with Crippen LogP contribution in [0.3, 0.4) is 0 Å². The van der Waals surface area contributed by atoms with Crippen molar-refractivity contribution in [3.63, 3.8) is 0 Å². The normalized spacial score (nSPS) is 11.0. The summed E-state index contributed by atoms with van der Waals surface area (Å²) in [5, 5.41) is 21.2. The van der Waals surface area contributed by atoms with Gasteiger partial charge in [0.05, 0.1) is 36.3 Å². The summed E-state index contributed by atoms with van der Waals surface area (Å²) in [5.74, 6) is -1.25. The second-order valence-electron chi connectivity index (χ2n) is 8.52. The van der Waals surface area contributed by atoms with Gasteiger partial charge in [0.25, 0.3) is 0 Å². The fourth-order valence-corrected chi connectivity index (χ4v) is 6.81. The molecule has 14 heteroatoms. The number of esters is 2. The lowest BCUT2D eigenvalue weighted by Crippen LogP contribution is -1.97. The maximum absolute atomic E-state index is 11.6. The van der Waals surface area contributed by atoms with Gasteiger partial charge in [-0.1, -0.05) is 0 Å². The van der Waals surface area contributed by atoms with Crippen LogP contribution in [0.25, 0.3) is 32.1 Å². The molecule has 10 nitrogen and oxygen atoms in total. The molecule has 0 radical (unpaired) electrons. The zero-order chi connectivity index (χ0) is 30.0. The molecule has 0 spiro atoms. The molecule has 0 fully saturated rings. The third-order valence-electron chi connectivity index (χ3n) is 6.12. The second-order valence-corrected chi connectivity index (χ2v) is 12.3. The van der Waals surface area contributed by atoms with E-state index in [1.54, 1.807) is 48.3 Å². The van der Waals surface area contributed by atoms with Crippen molar-refractivity contribution in [1.82, 2.24) is 19.1 Å². The number of hydrogen-bond donors (Lipinski definition) is 2. The molecular weight excluding hydrogens is 617 g/mol. The molecule has 0 aliphatic carbocycles. The van der Waals surface area contributed by atoms with E-state index in [1.807, 2.05) is 58.0 Å². The Bertz CT molecular complexity index is 1920. The molecule has 0 aliphatic rings. The van der Waals surface area contributed by atoms with E-state index in [4.69, 9.17) is 0 Å². The number of ether oxygens (including phenoxy) is 2. The van der Waals surface area contributed by atoms with Gasteiger partial charge in [0, 0.05) is 21.9 Å². The molecule has 0 saturated carbocycles. The topological polar surface area (TPSA) is 129 Å². The zero-order valence-corrected chi connectivity index (χ0v) is 26.0. The summed E-state index contributed by atoms with van der Waals surface area (Å²) < 4.78 is 13.0. The van der Waals surface area contributed by atoms with Gasteiger partial charge in [-0.25, -0.2) is 19.6 Å². The molecule has 2 N–H and O–H groups in total. The van der Waals surface area contributed by atoms with Crippen LogP contribution < -0.4 is 0 Å². The highest BCUT2D eigenvalue weighted by Crippen LogP contribution is 2.35. The van der Waals surface area contributed by atoms with E-state index < -0.39 is 11.9 Å². The van der Waals surface area contributed by atoms with E-state index in [1.165, 1.54) is 36.9 Å². The van der Waals surface area contributed by atoms with Gasteiger partial charge < -0.3 is 19.7 Å². The molecule has 0 aliphatic heterocycles. The Kier molecular flexibility index (Phi) is 8.77. The van der Waals surface area contributed by atoms with Crippen molar-refractivity contribution in [3.8, 4) is 21.5 Å². The minimum absolute atomic E-state index is 0.0790. The van der Waals surface area contributed by atoms with E-state index in [0.29, 0.717) is 10.0 Å². The number of thiophene rings is 2. The number of nitrogens with zero attached hydrogens (tertiary/aromatic N) is 4. The third-order valence-corrected chi connectivity index (χ3v) is 9.78. The maximum Gasteiger partial charge on any atom is 0.351 e. The average molecular weight is 641 g/mol. The summed E-state index contributed by atoms with van der Waals surface area (Å²) in [4.78, 5) is 34.5. The molecule has 0 atom stereocenters. The standard InChI is InChI=1S/2C14H12N2O3S2/c1-19-14(18)13-11(17)6-12(21-13)16-7-15-9-5-8(20-2)3-4-10(9)16;1-19-14(18)13-11(17)6-12(21-13)16-7-15-9-4-3-8(20-2)5-10(9)16/h2*3-7,17H,1-2H3. The van der Waals surface area contributed by atoms with Crippen molar-refractivity contribution in [2.45, 2.75) is 9.79 Å². The van der Waals surface area contributed by atoms with E-state index in [9.17, 15) is 19.8 Å². The van der Waals surface area contributed by atoms with Gasteiger partial charge in [-0.05, 0) is 48.9 Å². The van der Waals surface area contributed by atoms with Crippen molar-refractivity contribution >= 4 is 80.2 Å². The number of hydrogen-bond acceptors (Lipinski definition) is 12. The lowest BCUT2D eigenvalue weighted by Gasteiger charge is -2.01. The summed E-state index contributed by atoms with van der Waals surface area (Å²) in [6, 6.07) is 15.1. The quantitative estimate of drug-likeness (QED) is 0.152. The lowest BCUT2D eigenvalue weighted by molar-refractivity contribution is 0.0594. The first-order chi connectivity index (χ1) is 20.3. The Hall–Kier alpha value is -3.98. The van der Waals surface area contributed by atoms with Gasteiger partial charge in [0.1, 0.15) is 34.2 Å². The number of aromatic nitrogens is 4. The highest BCUT2D eigenvalue weighted by atomic mass is 32.2. The largest absolute Gasteiger partial charge is 0.506 e. The first-order valence-electron chi connectivity index (χ1n) is 12.1. The van der Waals surface area contributed by atoms with E-state index in [2.05, 4.69) is 19.4 Å². The molecule has 4 heterocycles. The minimum Gasteiger partial charge on any atom is -0.506 e. The summed E-state index contributed by atoms with van der Waals surface area (Å²) in [6.07, 6.45) is 7.38. The fourth-order valence-electron chi connectivity index (χ4n) is 4.04. The van der Waals surface area contributed by atoms with Crippen LogP contribution in [0.1, 0.15) is 19.3 Å². The smallest absolute Gasteiger partial charge is 0.351 e. The molecule has 4 aromatic heterocycles. The Morgan fingerprint density at radius 2 is 1.21 bits per heavy atom. The van der Waals surface area contributed by atoms with Gasteiger partial charge in [0.15, 0.2) is 9.75 Å². The Morgan fingerprint density at radius 1 is 0.714 bits per heavy atom. The Morgan fingerprint density at radius 3 is 1.76 bits per heavy atom. The maximum atomic E-state index is 11.6. The van der Waals surface area contributed by atoms with E-state index >= 15 is 0 Å². The van der Waals surface area contributed by atoms with Crippen molar-refractivity contribution in [3.05, 3.63) is 70.9 Å². The minimum atomic E-state index is -0.544. The fraction of sp³-hybridized carbons (Fsp3) is 0.143. The van der Waals surface area contributed by atoms with Crippen LogP contribution >= 0.6 is 46.2 Å². The Labute approximate surface area is 256 Å². The van der Waals surface area contributed by atoms with Gasteiger partial charge >= 0.3 is 11.9 Å². The van der Waals surface area contributed by atoms with Crippen molar-refractivity contribution in [2.75, 3.05) is 26.7 Å². The molecule has 0 bridgehead atoms. The number of thioether (sulfide) groups is 2. The van der Waals surface area contributed by atoms with Crippen LogP contribution in [0, 0.1) is 0 Å². The lowest BCUT2D eigenvalue weighted by atomic mass is 10.3. The molecule has 0 saturated heterocycles. The summed E-state index contributed by atoms with van der Waals surface area (Å²) >= 11 is 5.64. The molecule has 42 heavy (non-hydrogen) atoms. The molecule has 2 aromatic carbocycles. The number of methoxy groups -OCH3 is 2. The van der Waals surface area contributed by atoms with Gasteiger partial charge in [0.2, 0.25) is 0 Å². The first-order valence-corrected chi connectivity index (χ1v) is 16.2. The van der Waals surface area contributed by atoms with E-state index in [0.717, 1.165) is 31.9 Å². The van der Waals surface area contributed by atoms with Crippen LogP contribution in [0.4, 0.5) is 0 Å². The predicted octanol–water partition coefficient (Wildman–Crippen LogP) is 6.60. The highest BCUT2D eigenvalue weighted by Gasteiger charge is 2.19. The zero-order valence-electron chi connectivity index (χ0n) is 22.7. The SMILES string of the molecule is COC(=O)c1sc(-n2cnc3cc(SC)ccc32)cc1O.COC(=O)c1sc(-n2cnc3ccc(SC)cc32)cc1O. The summed E-state index contributed by atoms with van der Waals surface area (Å²) in [5.41, 5.74) is 3.58. The van der Waals surface area contributed by atoms with Crippen molar-refractivity contribution in [1.29, 1.82) is 0 Å². The third kappa shape index (κ3) is 5.70. The van der Waals surface area contributed by atoms with Gasteiger partial charge in [-0.2, -0.15) is 0 Å². The monoisotopic (exact) mass is 640 g/mol. The molecule has 0 unspecified atom stereocenters. The number of benzene rings is 2. The highest BCUT2D eigenvalue weighted by molar-refractivity contribution is 7.98. The number of fused-ring (bicyclic) bond motifs is 2. The van der Waals surface area contributed by atoms with Crippen molar-refractivity contribution < 1.29 is 29.3 Å². The first kappa shape index (κ1) is 29.5. The van der Waals surface area contributed by atoms with Gasteiger partial charge in [-0.3, -0.25) is 9.13 Å². The number of aromatic hydroxyl groups is 2. The number of imidazole rings is 2. The predicted molar refractivity (Wildman–Crippen MR) is 167 cm³/mol. The molecule has 6 aromatic rings. The van der Waals surface area contributed by atoms with Crippen LogP contribution in [-0.2, 0) is 9.47 Å². The van der Waals surface area contributed by atoms with Crippen LogP contribution in [0.15, 0.2) is 71.0 Å². The van der Waals surface area contributed by atoms with Gasteiger partial charge in [-0.15, -0.1) is 46.2 Å². The molecular formula is C28H24N4O6S4. The molecule has 0 amide bonds. The van der Waals surface area contributed by atoms with Crippen molar-refractivity contribution in [2.24, 2.45) is 0 Å². The number of rotatable bonds is 6. The average Bonchev–Trinajstić information content (AvgIpc) is 3.80. The Balaban J connectivity index is 0.000000168. The molecule has 216 valence electrons. The number of carbonyl (C=O) groups is 2. The summed E-state index contributed by atoms with van der Waals surface area (Å²) in [7, 11) is 2.58.